The molecular formula is C44H31N. The Kier molecular flexibility index (Phi) is 4.78. The number of hydrogen-bond acceptors (Lipinski definition) is 1. The zero-order valence-corrected chi connectivity index (χ0v) is 25.4. The van der Waals surface area contributed by atoms with E-state index in [1.54, 1.807) is 0 Å². The van der Waals surface area contributed by atoms with E-state index in [4.69, 9.17) is 0 Å². The van der Waals surface area contributed by atoms with Gasteiger partial charge in [-0.3, -0.25) is 0 Å². The molecule has 7 aromatic rings. The molecule has 0 atom stereocenters. The second-order valence-corrected chi connectivity index (χ2v) is 13.4. The molecule has 45 heavy (non-hydrogen) atoms. The average molecular weight is 574 g/mol. The number of rotatable bonds is 2. The predicted molar refractivity (Wildman–Crippen MR) is 188 cm³/mol. The van der Waals surface area contributed by atoms with Crippen molar-refractivity contribution >= 4 is 22.1 Å². The fourth-order valence-corrected chi connectivity index (χ4v) is 8.93. The highest BCUT2D eigenvalue weighted by Gasteiger charge is 2.52. The van der Waals surface area contributed by atoms with E-state index in [-0.39, 0.29) is 10.8 Å². The molecule has 0 saturated carbocycles. The number of anilines is 2. The third kappa shape index (κ3) is 3.08. The van der Waals surface area contributed by atoms with E-state index < -0.39 is 0 Å². The highest BCUT2D eigenvalue weighted by atomic mass is 14.9. The molecular weight excluding hydrogens is 542 g/mol. The standard InChI is InChI=1S/C44H31N/c1-43(2)36-16-8-5-13-31(36)34-22-20-28(25-40(34)43)45-29-21-23-35-41(26-29)44(39-24-19-27-11-3-4-12-30(27)42(35)39)37-17-9-6-14-32(37)33-15-7-10-18-38(33)44/h3-26,45H,1-2H3. The van der Waals surface area contributed by atoms with E-state index in [0.29, 0.717) is 0 Å². The summed E-state index contributed by atoms with van der Waals surface area (Å²) in [7, 11) is 0. The summed E-state index contributed by atoms with van der Waals surface area (Å²) in [5, 5.41) is 6.44. The minimum atomic E-state index is -0.374. The Balaban J connectivity index is 1.19. The zero-order chi connectivity index (χ0) is 29.9. The van der Waals surface area contributed by atoms with Gasteiger partial charge in [0.05, 0.1) is 5.41 Å². The molecule has 0 radical (unpaired) electrons. The summed E-state index contributed by atoms with van der Waals surface area (Å²) in [6, 6.07) is 54.4. The van der Waals surface area contributed by atoms with E-state index in [2.05, 4.69) is 165 Å². The predicted octanol–water partition coefficient (Wildman–Crippen LogP) is 11.2. The van der Waals surface area contributed by atoms with Gasteiger partial charge >= 0.3 is 0 Å². The van der Waals surface area contributed by atoms with Crippen molar-refractivity contribution < 1.29 is 0 Å². The van der Waals surface area contributed by atoms with Crippen molar-refractivity contribution in [2.45, 2.75) is 24.7 Å². The summed E-state index contributed by atoms with van der Waals surface area (Å²) >= 11 is 0. The Morgan fingerprint density at radius 2 is 0.933 bits per heavy atom. The van der Waals surface area contributed by atoms with Gasteiger partial charge < -0.3 is 5.32 Å². The van der Waals surface area contributed by atoms with Crippen LogP contribution in [-0.2, 0) is 10.8 Å². The molecule has 10 rings (SSSR count). The van der Waals surface area contributed by atoms with Gasteiger partial charge in [0.25, 0.3) is 0 Å². The lowest BCUT2D eigenvalue weighted by Gasteiger charge is -2.31. The van der Waals surface area contributed by atoms with Gasteiger partial charge in [0.15, 0.2) is 0 Å². The van der Waals surface area contributed by atoms with E-state index >= 15 is 0 Å². The number of fused-ring (bicyclic) bond motifs is 15. The van der Waals surface area contributed by atoms with Gasteiger partial charge in [-0.05, 0) is 102 Å². The van der Waals surface area contributed by atoms with E-state index in [1.807, 2.05) is 0 Å². The van der Waals surface area contributed by atoms with Crippen LogP contribution < -0.4 is 5.32 Å². The van der Waals surface area contributed by atoms with Crippen LogP contribution in [0.4, 0.5) is 11.4 Å². The quantitative estimate of drug-likeness (QED) is 0.217. The molecule has 0 saturated heterocycles. The van der Waals surface area contributed by atoms with Gasteiger partial charge in [0.1, 0.15) is 0 Å². The molecule has 1 heteroatoms. The second kappa shape index (κ2) is 8.61. The molecule has 1 N–H and O–H groups in total. The van der Waals surface area contributed by atoms with Gasteiger partial charge in [-0.2, -0.15) is 0 Å². The van der Waals surface area contributed by atoms with Crippen molar-refractivity contribution in [3.63, 3.8) is 0 Å². The van der Waals surface area contributed by atoms with Crippen LogP contribution in [0, 0.1) is 0 Å². The van der Waals surface area contributed by atoms with Crippen LogP contribution in [0.5, 0.6) is 0 Å². The maximum absolute atomic E-state index is 3.85. The summed E-state index contributed by atoms with van der Waals surface area (Å²) in [5.41, 5.74) is 18.1. The molecule has 3 aliphatic rings. The Bertz CT molecular complexity index is 2340. The summed E-state index contributed by atoms with van der Waals surface area (Å²) in [6.07, 6.45) is 0. The SMILES string of the molecule is CC1(C)c2ccccc2-c2ccc(Nc3ccc4c(c3)C3(c5ccccc5-c5ccccc53)c3ccc5ccccc5c3-4)cc21. The first-order valence-corrected chi connectivity index (χ1v) is 15.9. The number of hydrogen-bond donors (Lipinski definition) is 1. The summed E-state index contributed by atoms with van der Waals surface area (Å²) in [4.78, 5) is 0. The maximum Gasteiger partial charge on any atom is 0.0726 e. The molecule has 7 aromatic carbocycles. The smallest absolute Gasteiger partial charge is 0.0726 e. The third-order valence-corrected chi connectivity index (χ3v) is 10.9. The maximum atomic E-state index is 3.85. The minimum Gasteiger partial charge on any atom is -0.356 e. The van der Waals surface area contributed by atoms with Crippen molar-refractivity contribution in [2.75, 3.05) is 5.32 Å². The molecule has 212 valence electrons. The van der Waals surface area contributed by atoms with Crippen LogP contribution in [0.1, 0.15) is 47.2 Å². The van der Waals surface area contributed by atoms with Crippen molar-refractivity contribution in [1.29, 1.82) is 0 Å². The van der Waals surface area contributed by atoms with Crippen LogP contribution in [-0.4, -0.2) is 0 Å². The highest BCUT2D eigenvalue weighted by Crippen LogP contribution is 2.64. The fourth-order valence-electron chi connectivity index (χ4n) is 8.93. The highest BCUT2D eigenvalue weighted by molar-refractivity contribution is 6.06. The first-order valence-electron chi connectivity index (χ1n) is 15.9. The Labute approximate surface area is 263 Å². The van der Waals surface area contributed by atoms with Gasteiger partial charge in [0, 0.05) is 16.8 Å². The Morgan fingerprint density at radius 1 is 0.400 bits per heavy atom. The van der Waals surface area contributed by atoms with Crippen LogP contribution in [0.25, 0.3) is 44.2 Å². The van der Waals surface area contributed by atoms with Gasteiger partial charge in [0.2, 0.25) is 0 Å². The average Bonchev–Trinajstić information content (AvgIpc) is 3.64. The van der Waals surface area contributed by atoms with Gasteiger partial charge in [-0.15, -0.1) is 0 Å². The normalized spacial score (nSPS) is 15.2. The monoisotopic (exact) mass is 573 g/mol. The van der Waals surface area contributed by atoms with Crippen molar-refractivity contribution in [3.8, 4) is 33.4 Å². The minimum absolute atomic E-state index is 0.0361. The van der Waals surface area contributed by atoms with Gasteiger partial charge in [-0.1, -0.05) is 135 Å². The van der Waals surface area contributed by atoms with E-state index in [1.165, 1.54) is 77.5 Å². The summed E-state index contributed by atoms with van der Waals surface area (Å²) in [5.74, 6) is 0. The lowest BCUT2D eigenvalue weighted by Crippen LogP contribution is -2.25. The molecule has 1 nitrogen and oxygen atoms in total. The van der Waals surface area contributed by atoms with Crippen molar-refractivity contribution in [1.82, 2.24) is 0 Å². The summed E-state index contributed by atoms with van der Waals surface area (Å²) < 4.78 is 0. The molecule has 0 aliphatic heterocycles. The molecule has 3 aliphatic carbocycles. The fraction of sp³-hybridized carbons (Fsp3) is 0.0909. The largest absolute Gasteiger partial charge is 0.356 e. The van der Waals surface area contributed by atoms with Crippen LogP contribution in [0.2, 0.25) is 0 Å². The van der Waals surface area contributed by atoms with E-state index in [0.717, 1.165) is 11.4 Å². The lowest BCUT2D eigenvalue weighted by molar-refractivity contribution is 0.660. The lowest BCUT2D eigenvalue weighted by atomic mass is 9.70. The molecule has 1 spiro atoms. The van der Waals surface area contributed by atoms with Crippen LogP contribution >= 0.6 is 0 Å². The molecule has 0 aromatic heterocycles. The first kappa shape index (κ1) is 25.0. The molecule has 0 heterocycles. The van der Waals surface area contributed by atoms with Crippen LogP contribution in [0.3, 0.4) is 0 Å². The van der Waals surface area contributed by atoms with Crippen LogP contribution in [0.15, 0.2) is 146 Å². The molecule has 0 amide bonds. The van der Waals surface area contributed by atoms with Gasteiger partial charge in [-0.25, -0.2) is 0 Å². The van der Waals surface area contributed by atoms with E-state index in [9.17, 15) is 0 Å². The zero-order valence-electron chi connectivity index (χ0n) is 25.4. The molecule has 0 fully saturated rings. The first-order chi connectivity index (χ1) is 22.1. The molecule has 0 unspecified atom stereocenters. The number of benzene rings is 7. The second-order valence-electron chi connectivity index (χ2n) is 13.4. The Hall–Kier alpha value is -5.40. The molecule has 0 bridgehead atoms. The number of nitrogens with one attached hydrogen (secondary N) is 1. The Morgan fingerprint density at radius 3 is 1.64 bits per heavy atom. The summed E-state index contributed by atoms with van der Waals surface area (Å²) in [6.45, 7) is 4.69. The van der Waals surface area contributed by atoms with Crippen molar-refractivity contribution in [2.24, 2.45) is 0 Å². The van der Waals surface area contributed by atoms with Crippen molar-refractivity contribution in [3.05, 3.63) is 179 Å². The third-order valence-electron chi connectivity index (χ3n) is 10.9. The topological polar surface area (TPSA) is 12.0 Å².